The van der Waals surface area contributed by atoms with Crippen molar-refractivity contribution >= 4 is 5.52 Å². The SMILES string of the molecule is C[C@](F)(c1cccc(-n2cc3c(C(F)(F)F)cc(CN4CCC5(CC5)C4)cn3c2=O)c1)[C@H](F)C1NNC[N+]1(C)C1CCCC1. The third-order valence-corrected chi connectivity index (χ3v) is 11.0. The summed E-state index contributed by atoms with van der Waals surface area (Å²) in [5, 5.41) is 0. The van der Waals surface area contributed by atoms with Crippen LogP contribution < -0.4 is 16.5 Å². The van der Waals surface area contributed by atoms with Gasteiger partial charge in [0.2, 0.25) is 6.17 Å². The average molecular weight is 620 g/mol. The summed E-state index contributed by atoms with van der Waals surface area (Å²) < 4.78 is 78.1. The minimum absolute atomic E-state index is 0.0103. The zero-order valence-electron chi connectivity index (χ0n) is 25.1. The molecule has 7 nitrogen and oxygen atoms in total. The van der Waals surface area contributed by atoms with Crippen molar-refractivity contribution in [3.05, 3.63) is 69.9 Å². The highest BCUT2D eigenvalue weighted by molar-refractivity contribution is 5.58. The zero-order valence-corrected chi connectivity index (χ0v) is 25.1. The molecule has 4 fully saturated rings. The second kappa shape index (κ2) is 10.4. The summed E-state index contributed by atoms with van der Waals surface area (Å²) >= 11 is 0. The number of quaternary nitrogens is 1. The van der Waals surface area contributed by atoms with Crippen LogP contribution in [0, 0.1) is 5.41 Å². The number of aromatic nitrogens is 2. The molecule has 4 aliphatic rings. The summed E-state index contributed by atoms with van der Waals surface area (Å²) in [5.41, 5.74) is 2.59. The largest absolute Gasteiger partial charge is 0.418 e. The zero-order chi connectivity index (χ0) is 31.1. The molecule has 2 saturated carbocycles. The lowest BCUT2D eigenvalue weighted by atomic mass is 9.89. The third kappa shape index (κ3) is 4.98. The molecule has 44 heavy (non-hydrogen) atoms. The molecule has 2 saturated heterocycles. The molecule has 2 unspecified atom stereocenters. The fourth-order valence-electron chi connectivity index (χ4n) is 7.95. The van der Waals surface area contributed by atoms with Gasteiger partial charge in [0.15, 0.2) is 11.8 Å². The third-order valence-electron chi connectivity index (χ3n) is 11.0. The summed E-state index contributed by atoms with van der Waals surface area (Å²) in [5.74, 6) is 0. The van der Waals surface area contributed by atoms with Crippen molar-refractivity contribution in [3.8, 4) is 5.69 Å². The second-order valence-corrected chi connectivity index (χ2v) is 14.0. The van der Waals surface area contributed by atoms with Gasteiger partial charge in [0.1, 0.15) is 6.67 Å². The number of fused-ring (bicyclic) bond motifs is 1. The molecular formula is C32H40F5N6O+. The molecule has 4 atom stereocenters. The van der Waals surface area contributed by atoms with E-state index in [9.17, 15) is 18.0 Å². The number of nitrogens with zero attached hydrogens (tertiary/aromatic N) is 4. The quantitative estimate of drug-likeness (QED) is 0.275. The molecule has 2 aliphatic heterocycles. The number of benzene rings is 1. The number of alkyl halides is 5. The predicted octanol–water partition coefficient (Wildman–Crippen LogP) is 5.40. The van der Waals surface area contributed by atoms with Crippen molar-refractivity contribution in [3.63, 3.8) is 0 Å². The monoisotopic (exact) mass is 619 g/mol. The van der Waals surface area contributed by atoms with Crippen LogP contribution in [0.25, 0.3) is 11.2 Å². The smallest absolute Gasteiger partial charge is 0.298 e. The lowest BCUT2D eigenvalue weighted by Crippen LogP contribution is -2.63. The Labute approximate surface area is 253 Å². The van der Waals surface area contributed by atoms with Crippen LogP contribution in [0.4, 0.5) is 22.0 Å². The predicted molar refractivity (Wildman–Crippen MR) is 156 cm³/mol. The number of hydrogen-bond donors (Lipinski definition) is 2. The fourth-order valence-corrected chi connectivity index (χ4v) is 7.95. The van der Waals surface area contributed by atoms with Gasteiger partial charge in [-0.3, -0.25) is 18.4 Å². The van der Waals surface area contributed by atoms with Crippen LogP contribution in [0.3, 0.4) is 0 Å². The molecular weight excluding hydrogens is 579 g/mol. The highest BCUT2D eigenvalue weighted by Crippen LogP contribution is 2.53. The fraction of sp³-hybridized carbons (Fsp3) is 0.594. The van der Waals surface area contributed by atoms with Crippen LogP contribution >= 0.6 is 0 Å². The number of hydrogen-bond acceptors (Lipinski definition) is 4. The van der Waals surface area contributed by atoms with Crippen LogP contribution in [0.1, 0.15) is 68.6 Å². The first-order chi connectivity index (χ1) is 20.8. The van der Waals surface area contributed by atoms with Gasteiger partial charge in [0.25, 0.3) is 0 Å². The van der Waals surface area contributed by atoms with Gasteiger partial charge in [-0.2, -0.15) is 18.6 Å². The van der Waals surface area contributed by atoms with E-state index in [-0.39, 0.29) is 22.8 Å². The van der Waals surface area contributed by atoms with E-state index in [0.717, 1.165) is 79.3 Å². The van der Waals surface area contributed by atoms with E-state index in [1.807, 2.05) is 7.05 Å². The Balaban J connectivity index is 1.22. The normalized spacial score (nSPS) is 27.8. The van der Waals surface area contributed by atoms with Crippen molar-refractivity contribution in [2.45, 2.75) is 88.6 Å². The molecule has 0 radical (unpaired) electrons. The van der Waals surface area contributed by atoms with Crippen LogP contribution in [0.5, 0.6) is 0 Å². The van der Waals surface area contributed by atoms with Crippen LogP contribution in [-0.2, 0) is 18.4 Å². The average Bonchev–Trinajstić information content (AvgIpc) is 3.42. The van der Waals surface area contributed by atoms with Crippen LogP contribution in [0.2, 0.25) is 0 Å². The minimum atomic E-state index is -4.68. The van der Waals surface area contributed by atoms with Gasteiger partial charge in [-0.25, -0.2) is 19.0 Å². The Morgan fingerprint density at radius 3 is 2.52 bits per heavy atom. The highest BCUT2D eigenvalue weighted by Gasteiger charge is 2.55. The highest BCUT2D eigenvalue weighted by atomic mass is 19.4. The molecule has 3 aromatic rings. The standard InChI is InChI=1S/C32H40F5N6O/c1-30(34,27(33)28-39-38-20-43(28,2)24-8-3-4-9-24)22-6-5-7-23(15-22)41-18-26-25(32(35,36)37)14-21(17-42(26)29(41)44)16-40-13-12-31(19-40)10-11-31/h5-7,14-15,17-18,24,27-28,38-39H,3-4,8-13,16,19-20H2,1-2H3/q+1/t27-,28?,30+,43?/m1/s1. The van der Waals surface area contributed by atoms with E-state index in [1.165, 1.54) is 37.4 Å². The van der Waals surface area contributed by atoms with Gasteiger partial charge in [0.05, 0.1) is 29.9 Å². The van der Waals surface area contributed by atoms with Crippen LogP contribution in [0.15, 0.2) is 47.5 Å². The maximum absolute atomic E-state index is 16.5. The number of pyridine rings is 1. The van der Waals surface area contributed by atoms with Gasteiger partial charge in [-0.15, -0.1) is 0 Å². The molecule has 2 N–H and O–H groups in total. The molecule has 1 spiro atoms. The molecule has 0 bridgehead atoms. The Morgan fingerprint density at radius 1 is 1.09 bits per heavy atom. The first kappa shape index (κ1) is 29.9. The van der Waals surface area contributed by atoms with E-state index in [0.29, 0.717) is 28.7 Å². The van der Waals surface area contributed by atoms with Crippen molar-refractivity contribution in [1.82, 2.24) is 24.7 Å². The summed E-state index contributed by atoms with van der Waals surface area (Å²) in [7, 11) is 1.94. The van der Waals surface area contributed by atoms with Crippen molar-refractivity contribution in [1.29, 1.82) is 0 Å². The number of likely N-dealkylation sites (tertiary alicyclic amines) is 1. The lowest BCUT2D eigenvalue weighted by Gasteiger charge is -2.43. The molecule has 2 aromatic heterocycles. The first-order valence-corrected chi connectivity index (χ1v) is 15.6. The van der Waals surface area contributed by atoms with Crippen molar-refractivity contribution in [2.24, 2.45) is 5.41 Å². The van der Waals surface area contributed by atoms with Crippen LogP contribution in [-0.4, -0.2) is 63.5 Å². The molecule has 7 rings (SSSR count). The maximum Gasteiger partial charge on any atom is 0.418 e. The van der Waals surface area contributed by atoms with E-state index >= 15 is 8.78 Å². The van der Waals surface area contributed by atoms with Gasteiger partial charge >= 0.3 is 11.9 Å². The summed E-state index contributed by atoms with van der Waals surface area (Å²) in [4.78, 5) is 15.8. The summed E-state index contributed by atoms with van der Waals surface area (Å²) in [6.45, 7) is 3.67. The summed E-state index contributed by atoms with van der Waals surface area (Å²) in [6.07, 6.45) is 2.55. The first-order valence-electron chi connectivity index (χ1n) is 15.6. The van der Waals surface area contributed by atoms with Gasteiger partial charge < -0.3 is 0 Å². The van der Waals surface area contributed by atoms with Crippen molar-refractivity contribution < 1.29 is 26.4 Å². The molecule has 238 valence electrons. The number of halogens is 5. The van der Waals surface area contributed by atoms with Gasteiger partial charge in [-0.05, 0) is 93.2 Å². The maximum atomic E-state index is 16.5. The summed E-state index contributed by atoms with van der Waals surface area (Å²) in [6, 6.07) is 7.19. The van der Waals surface area contributed by atoms with E-state index in [1.54, 1.807) is 0 Å². The van der Waals surface area contributed by atoms with E-state index in [2.05, 4.69) is 15.8 Å². The number of nitrogens with one attached hydrogen (secondary N) is 2. The van der Waals surface area contributed by atoms with Crippen molar-refractivity contribution in [2.75, 3.05) is 26.8 Å². The van der Waals surface area contributed by atoms with Gasteiger partial charge in [0, 0.05) is 25.5 Å². The number of imidazole rings is 1. The lowest BCUT2D eigenvalue weighted by molar-refractivity contribution is -0.949. The number of hydrazine groups is 1. The Kier molecular flexibility index (Phi) is 7.04. The number of rotatable bonds is 7. The molecule has 4 heterocycles. The molecule has 0 amide bonds. The molecule has 2 aliphatic carbocycles. The topological polar surface area (TPSA) is 53.7 Å². The van der Waals surface area contributed by atoms with Gasteiger partial charge in [-0.1, -0.05) is 12.1 Å². The minimum Gasteiger partial charge on any atom is -0.298 e. The Morgan fingerprint density at radius 2 is 1.84 bits per heavy atom. The Bertz CT molecular complexity index is 1620. The molecule has 1 aromatic carbocycles. The van der Waals surface area contributed by atoms with E-state index in [4.69, 9.17) is 0 Å². The second-order valence-electron chi connectivity index (χ2n) is 14.0. The van der Waals surface area contributed by atoms with E-state index < -0.39 is 35.4 Å². The molecule has 12 heteroatoms. The Hall–Kier alpha value is -2.80.